The largest absolute Gasteiger partial charge is 0.354 e. The van der Waals surface area contributed by atoms with Gasteiger partial charge in [0.05, 0.1) is 6.04 Å². The highest BCUT2D eigenvalue weighted by atomic mass is 35.5. The highest BCUT2D eigenvalue weighted by Gasteiger charge is 2.38. The van der Waals surface area contributed by atoms with Crippen LogP contribution in [0.1, 0.15) is 44.9 Å². The van der Waals surface area contributed by atoms with E-state index in [-0.39, 0.29) is 24.4 Å². The van der Waals surface area contributed by atoms with E-state index in [1.807, 2.05) is 11.8 Å². The fourth-order valence-electron chi connectivity index (χ4n) is 3.84. The summed E-state index contributed by atoms with van der Waals surface area (Å²) in [7, 11) is 0. The maximum atomic E-state index is 12.3. The van der Waals surface area contributed by atoms with E-state index in [1.54, 1.807) is 0 Å². The number of thioether (sulfide) groups is 1. The minimum absolute atomic E-state index is 0. The summed E-state index contributed by atoms with van der Waals surface area (Å²) in [5.74, 6) is 4.27. The van der Waals surface area contributed by atoms with Crippen LogP contribution in [-0.4, -0.2) is 36.0 Å². The van der Waals surface area contributed by atoms with E-state index in [4.69, 9.17) is 0 Å². The summed E-state index contributed by atoms with van der Waals surface area (Å²) in [6, 6.07) is 0.710. The van der Waals surface area contributed by atoms with Gasteiger partial charge in [0, 0.05) is 12.6 Å². The lowest BCUT2D eigenvalue weighted by atomic mass is 9.85. The van der Waals surface area contributed by atoms with Gasteiger partial charge in [-0.3, -0.25) is 4.79 Å². The molecule has 0 aromatic carbocycles. The molecule has 0 bridgehead atoms. The zero-order valence-corrected chi connectivity index (χ0v) is 13.7. The zero-order valence-electron chi connectivity index (χ0n) is 12.1. The van der Waals surface area contributed by atoms with Gasteiger partial charge in [-0.15, -0.1) is 12.4 Å². The van der Waals surface area contributed by atoms with Crippen LogP contribution in [0.2, 0.25) is 0 Å². The average molecular weight is 319 g/mol. The lowest BCUT2D eigenvalue weighted by molar-refractivity contribution is -0.123. The Kier molecular flexibility index (Phi) is 6.50. The highest BCUT2D eigenvalue weighted by molar-refractivity contribution is 7.99. The van der Waals surface area contributed by atoms with Crippen molar-refractivity contribution in [3.05, 3.63) is 0 Å². The van der Waals surface area contributed by atoms with Crippen LogP contribution in [0.25, 0.3) is 0 Å². The second kappa shape index (κ2) is 7.90. The first-order chi connectivity index (χ1) is 9.33. The van der Waals surface area contributed by atoms with Crippen molar-refractivity contribution in [2.45, 2.75) is 57.0 Å². The van der Waals surface area contributed by atoms with Gasteiger partial charge in [0.15, 0.2) is 0 Å². The monoisotopic (exact) mass is 318 g/mol. The molecule has 0 spiro atoms. The first-order valence-electron chi connectivity index (χ1n) is 7.94. The van der Waals surface area contributed by atoms with Crippen molar-refractivity contribution in [1.82, 2.24) is 10.6 Å². The predicted octanol–water partition coefficient (Wildman–Crippen LogP) is 2.59. The average Bonchev–Trinajstić information content (AvgIpc) is 2.90. The Morgan fingerprint density at radius 1 is 1.15 bits per heavy atom. The van der Waals surface area contributed by atoms with Crippen molar-refractivity contribution in [3.8, 4) is 0 Å². The van der Waals surface area contributed by atoms with Crippen molar-refractivity contribution in [2.24, 2.45) is 11.8 Å². The summed E-state index contributed by atoms with van der Waals surface area (Å²) in [5, 5.41) is 6.76. The first-order valence-corrected chi connectivity index (χ1v) is 9.10. The van der Waals surface area contributed by atoms with Gasteiger partial charge >= 0.3 is 0 Å². The molecule has 5 heteroatoms. The van der Waals surface area contributed by atoms with Crippen LogP contribution in [0.5, 0.6) is 0 Å². The number of fused-ring (bicyclic) bond motifs is 1. The molecule has 0 radical (unpaired) electrons. The molecule has 2 saturated heterocycles. The van der Waals surface area contributed by atoms with Crippen molar-refractivity contribution < 1.29 is 4.79 Å². The molecule has 1 aliphatic carbocycles. The third-order valence-corrected chi connectivity index (χ3v) is 6.13. The molecule has 2 heterocycles. The molecule has 3 fully saturated rings. The Hall–Kier alpha value is 0.0700. The standard InChI is InChI=1S/C15H26N2OS.ClH/c18-15(16-10-11-5-7-19-8-6-11)14-9-12-3-1-2-4-13(12)17-14;/h11-14,17H,1-10H2,(H,16,18);1H. The van der Waals surface area contributed by atoms with Gasteiger partial charge in [0.2, 0.25) is 5.91 Å². The SMILES string of the molecule is Cl.O=C(NCC1CCSCC1)C1CC2CCCCC2N1. The molecule has 3 atom stereocenters. The molecule has 0 aromatic heterocycles. The van der Waals surface area contributed by atoms with Gasteiger partial charge < -0.3 is 10.6 Å². The molecule has 3 rings (SSSR count). The Morgan fingerprint density at radius 3 is 2.65 bits per heavy atom. The molecular formula is C15H27ClN2OS. The van der Waals surface area contributed by atoms with E-state index < -0.39 is 0 Å². The molecule has 1 saturated carbocycles. The fourth-order valence-corrected chi connectivity index (χ4v) is 5.04. The van der Waals surface area contributed by atoms with Crippen LogP contribution in [0.4, 0.5) is 0 Å². The molecule has 0 aromatic rings. The number of halogens is 1. The molecule has 1 amide bonds. The number of hydrogen-bond acceptors (Lipinski definition) is 3. The van der Waals surface area contributed by atoms with E-state index in [0.717, 1.165) is 18.9 Å². The quantitative estimate of drug-likeness (QED) is 0.840. The molecule has 2 N–H and O–H groups in total. The highest BCUT2D eigenvalue weighted by Crippen LogP contribution is 2.33. The van der Waals surface area contributed by atoms with Crippen LogP contribution in [0, 0.1) is 11.8 Å². The fraction of sp³-hybridized carbons (Fsp3) is 0.933. The molecule has 20 heavy (non-hydrogen) atoms. The van der Waals surface area contributed by atoms with Gasteiger partial charge in [-0.25, -0.2) is 0 Å². The van der Waals surface area contributed by atoms with Crippen LogP contribution < -0.4 is 10.6 Å². The Morgan fingerprint density at radius 2 is 1.90 bits per heavy atom. The summed E-state index contributed by atoms with van der Waals surface area (Å²) < 4.78 is 0. The summed E-state index contributed by atoms with van der Waals surface area (Å²) in [4.78, 5) is 12.3. The van der Waals surface area contributed by atoms with E-state index >= 15 is 0 Å². The number of rotatable bonds is 3. The van der Waals surface area contributed by atoms with E-state index in [9.17, 15) is 4.79 Å². The van der Waals surface area contributed by atoms with Gasteiger partial charge in [-0.2, -0.15) is 11.8 Å². The van der Waals surface area contributed by atoms with E-state index in [2.05, 4.69) is 10.6 Å². The normalized spacial score (nSPS) is 34.1. The summed E-state index contributed by atoms with van der Waals surface area (Å²) in [6.07, 6.45) is 8.90. The van der Waals surface area contributed by atoms with Crippen LogP contribution in [-0.2, 0) is 4.79 Å². The van der Waals surface area contributed by atoms with Gasteiger partial charge in [0.1, 0.15) is 0 Å². The zero-order chi connectivity index (χ0) is 13.1. The minimum atomic E-state index is 0. The molecule has 116 valence electrons. The molecule has 3 unspecified atom stereocenters. The summed E-state index contributed by atoms with van der Waals surface area (Å²) >= 11 is 2.05. The second-order valence-electron chi connectivity index (χ2n) is 6.41. The van der Waals surface area contributed by atoms with Crippen LogP contribution in [0.3, 0.4) is 0 Å². The molecular weight excluding hydrogens is 292 g/mol. The number of carbonyl (C=O) groups is 1. The smallest absolute Gasteiger partial charge is 0.237 e. The van der Waals surface area contributed by atoms with Crippen molar-refractivity contribution in [3.63, 3.8) is 0 Å². The number of nitrogens with one attached hydrogen (secondary N) is 2. The third-order valence-electron chi connectivity index (χ3n) is 5.09. The van der Waals surface area contributed by atoms with Crippen LogP contribution in [0.15, 0.2) is 0 Å². The van der Waals surface area contributed by atoms with Crippen LogP contribution >= 0.6 is 24.2 Å². The lowest BCUT2D eigenvalue weighted by Crippen LogP contribution is -2.44. The Labute approximate surface area is 132 Å². The topological polar surface area (TPSA) is 41.1 Å². The van der Waals surface area contributed by atoms with Crippen molar-refractivity contribution in [1.29, 1.82) is 0 Å². The minimum Gasteiger partial charge on any atom is -0.354 e. The maximum absolute atomic E-state index is 12.3. The van der Waals surface area contributed by atoms with E-state index in [1.165, 1.54) is 50.0 Å². The number of hydrogen-bond donors (Lipinski definition) is 2. The predicted molar refractivity (Wildman–Crippen MR) is 87.6 cm³/mol. The maximum Gasteiger partial charge on any atom is 0.237 e. The Balaban J connectivity index is 0.00000147. The summed E-state index contributed by atoms with van der Waals surface area (Å²) in [5.41, 5.74) is 0. The van der Waals surface area contributed by atoms with E-state index in [0.29, 0.717) is 12.0 Å². The molecule has 3 nitrogen and oxygen atoms in total. The third kappa shape index (κ3) is 4.05. The number of amides is 1. The second-order valence-corrected chi connectivity index (χ2v) is 7.63. The number of carbonyl (C=O) groups excluding carboxylic acids is 1. The van der Waals surface area contributed by atoms with Gasteiger partial charge in [0.25, 0.3) is 0 Å². The van der Waals surface area contributed by atoms with Gasteiger partial charge in [-0.05, 0) is 55.4 Å². The van der Waals surface area contributed by atoms with Gasteiger partial charge in [-0.1, -0.05) is 12.8 Å². The molecule has 2 aliphatic heterocycles. The lowest BCUT2D eigenvalue weighted by Gasteiger charge is -2.24. The van der Waals surface area contributed by atoms with Crippen molar-refractivity contribution in [2.75, 3.05) is 18.1 Å². The summed E-state index contributed by atoms with van der Waals surface area (Å²) in [6.45, 7) is 0.896. The Bertz CT molecular complexity index is 309. The first kappa shape index (κ1) is 16.4. The molecule has 3 aliphatic rings. The van der Waals surface area contributed by atoms with Crippen molar-refractivity contribution >= 4 is 30.1 Å².